The van der Waals surface area contributed by atoms with Crippen molar-refractivity contribution in [2.75, 3.05) is 20.6 Å². The van der Waals surface area contributed by atoms with Crippen LogP contribution in [-0.2, 0) is 0 Å². The molecule has 1 unspecified atom stereocenters. The molecule has 0 spiro atoms. The number of nitrogens with zero attached hydrogens (tertiary/aromatic N) is 4. The van der Waals surface area contributed by atoms with Crippen LogP contribution in [0.1, 0.15) is 39.0 Å². The SMILES string of the molecule is Cc1cc2nc(C(=O)NCC(c3ccccc3C)N(C)C)cc(C)n2n1. The molecule has 0 aliphatic carbocycles. The summed E-state index contributed by atoms with van der Waals surface area (Å²) in [4.78, 5) is 19.2. The molecule has 1 amide bonds. The van der Waals surface area contributed by atoms with Crippen LogP contribution in [0.4, 0.5) is 0 Å². The van der Waals surface area contributed by atoms with Gasteiger partial charge in [-0.15, -0.1) is 0 Å². The molecule has 1 N–H and O–H groups in total. The maximum absolute atomic E-state index is 12.7. The van der Waals surface area contributed by atoms with E-state index in [1.165, 1.54) is 11.1 Å². The van der Waals surface area contributed by atoms with Gasteiger partial charge in [-0.1, -0.05) is 24.3 Å². The lowest BCUT2D eigenvalue weighted by Crippen LogP contribution is -2.35. The lowest BCUT2D eigenvalue weighted by molar-refractivity contribution is 0.0937. The molecule has 3 aromatic rings. The third-order valence-corrected chi connectivity index (χ3v) is 4.59. The highest BCUT2D eigenvalue weighted by atomic mass is 16.1. The Kier molecular flexibility index (Phi) is 5.04. The quantitative estimate of drug-likeness (QED) is 0.768. The number of nitrogens with one attached hydrogen (secondary N) is 1. The molecule has 26 heavy (non-hydrogen) atoms. The predicted octanol–water partition coefficient (Wildman–Crippen LogP) is 2.69. The maximum Gasteiger partial charge on any atom is 0.270 e. The summed E-state index contributed by atoms with van der Waals surface area (Å²) in [6.45, 7) is 6.45. The van der Waals surface area contributed by atoms with Gasteiger partial charge in [-0.25, -0.2) is 9.50 Å². The lowest BCUT2D eigenvalue weighted by atomic mass is 10.0. The third-order valence-electron chi connectivity index (χ3n) is 4.59. The molecule has 6 nitrogen and oxygen atoms in total. The summed E-state index contributed by atoms with van der Waals surface area (Å²) in [7, 11) is 4.04. The fourth-order valence-corrected chi connectivity index (χ4v) is 3.17. The molecule has 0 aliphatic rings. The fraction of sp³-hybridized carbons (Fsp3) is 0.350. The number of fused-ring (bicyclic) bond motifs is 1. The van der Waals surface area contributed by atoms with Crippen LogP contribution in [0.3, 0.4) is 0 Å². The minimum Gasteiger partial charge on any atom is -0.349 e. The van der Waals surface area contributed by atoms with E-state index >= 15 is 0 Å². The van der Waals surface area contributed by atoms with E-state index < -0.39 is 0 Å². The lowest BCUT2D eigenvalue weighted by Gasteiger charge is -2.26. The Labute approximate surface area is 153 Å². The van der Waals surface area contributed by atoms with Gasteiger partial charge in [-0.05, 0) is 52.1 Å². The van der Waals surface area contributed by atoms with Crippen molar-refractivity contribution in [2.24, 2.45) is 0 Å². The van der Waals surface area contributed by atoms with Gasteiger partial charge in [0.15, 0.2) is 5.65 Å². The second-order valence-electron chi connectivity index (χ2n) is 6.88. The van der Waals surface area contributed by atoms with E-state index in [1.807, 2.05) is 46.1 Å². The number of amides is 1. The van der Waals surface area contributed by atoms with Gasteiger partial charge < -0.3 is 10.2 Å². The Morgan fingerprint density at radius 1 is 1.19 bits per heavy atom. The smallest absolute Gasteiger partial charge is 0.270 e. The zero-order valence-electron chi connectivity index (χ0n) is 15.9. The van der Waals surface area contributed by atoms with Crippen molar-refractivity contribution in [1.82, 2.24) is 24.8 Å². The van der Waals surface area contributed by atoms with Crippen LogP contribution in [-0.4, -0.2) is 46.0 Å². The number of carbonyl (C=O) groups excluding carboxylic acids is 1. The standard InChI is InChI=1S/C20H25N5O/c1-13-8-6-7-9-16(13)18(24(4)5)12-21-20(26)17-11-15(3)25-19(22-17)10-14(2)23-25/h6-11,18H,12H2,1-5H3,(H,21,26). The number of likely N-dealkylation sites (N-methyl/N-ethyl adjacent to an activating group) is 1. The first-order valence-corrected chi connectivity index (χ1v) is 8.71. The van der Waals surface area contributed by atoms with Gasteiger partial charge in [0.25, 0.3) is 5.91 Å². The van der Waals surface area contributed by atoms with Gasteiger partial charge in [0.1, 0.15) is 5.69 Å². The van der Waals surface area contributed by atoms with E-state index in [1.54, 1.807) is 10.6 Å². The van der Waals surface area contributed by atoms with Gasteiger partial charge in [-0.2, -0.15) is 5.10 Å². The van der Waals surface area contributed by atoms with Crippen molar-refractivity contribution in [2.45, 2.75) is 26.8 Å². The molecule has 0 bridgehead atoms. The van der Waals surface area contributed by atoms with Crippen LogP contribution in [0, 0.1) is 20.8 Å². The first-order valence-electron chi connectivity index (χ1n) is 8.71. The molecule has 0 saturated carbocycles. The Morgan fingerprint density at radius 2 is 1.92 bits per heavy atom. The molecule has 6 heteroatoms. The van der Waals surface area contributed by atoms with Crippen molar-refractivity contribution in [3.8, 4) is 0 Å². The van der Waals surface area contributed by atoms with E-state index in [4.69, 9.17) is 0 Å². The summed E-state index contributed by atoms with van der Waals surface area (Å²) in [6, 6.07) is 12.0. The van der Waals surface area contributed by atoms with Gasteiger partial charge in [-0.3, -0.25) is 4.79 Å². The van der Waals surface area contributed by atoms with Crippen molar-refractivity contribution < 1.29 is 4.79 Å². The molecule has 136 valence electrons. The number of rotatable bonds is 5. The van der Waals surface area contributed by atoms with Crippen LogP contribution in [0.2, 0.25) is 0 Å². The number of aryl methyl sites for hydroxylation is 3. The molecular weight excluding hydrogens is 326 g/mol. The highest BCUT2D eigenvalue weighted by molar-refractivity contribution is 5.92. The van der Waals surface area contributed by atoms with Gasteiger partial charge >= 0.3 is 0 Å². The van der Waals surface area contributed by atoms with Crippen LogP contribution < -0.4 is 5.32 Å². The van der Waals surface area contributed by atoms with E-state index in [0.717, 1.165) is 11.4 Å². The van der Waals surface area contributed by atoms with E-state index in [9.17, 15) is 4.79 Å². The topological polar surface area (TPSA) is 62.5 Å². The van der Waals surface area contributed by atoms with Crippen molar-refractivity contribution in [3.05, 3.63) is 64.6 Å². The Hall–Kier alpha value is -2.73. The minimum atomic E-state index is -0.171. The third kappa shape index (κ3) is 3.60. The molecule has 2 aromatic heterocycles. The maximum atomic E-state index is 12.7. The monoisotopic (exact) mass is 351 g/mol. The summed E-state index contributed by atoms with van der Waals surface area (Å²) >= 11 is 0. The minimum absolute atomic E-state index is 0.0992. The second-order valence-corrected chi connectivity index (χ2v) is 6.88. The highest BCUT2D eigenvalue weighted by Crippen LogP contribution is 2.21. The number of carbonyl (C=O) groups is 1. The Balaban J connectivity index is 1.80. The van der Waals surface area contributed by atoms with Crippen LogP contribution in [0.25, 0.3) is 5.65 Å². The van der Waals surface area contributed by atoms with Crippen molar-refractivity contribution in [3.63, 3.8) is 0 Å². The van der Waals surface area contributed by atoms with Crippen LogP contribution >= 0.6 is 0 Å². The zero-order valence-corrected chi connectivity index (χ0v) is 15.9. The zero-order chi connectivity index (χ0) is 18.8. The number of hydrogen-bond donors (Lipinski definition) is 1. The van der Waals surface area contributed by atoms with Gasteiger partial charge in [0.05, 0.1) is 11.7 Å². The molecular formula is C20H25N5O. The molecule has 2 heterocycles. The molecule has 3 rings (SSSR count). The summed E-state index contributed by atoms with van der Waals surface area (Å²) < 4.78 is 1.75. The average Bonchev–Trinajstić information content (AvgIpc) is 2.97. The molecule has 0 aliphatic heterocycles. The molecule has 1 aromatic carbocycles. The highest BCUT2D eigenvalue weighted by Gasteiger charge is 2.18. The molecule has 0 radical (unpaired) electrons. The van der Waals surface area contributed by atoms with E-state index in [0.29, 0.717) is 17.9 Å². The first-order chi connectivity index (χ1) is 12.4. The van der Waals surface area contributed by atoms with E-state index in [-0.39, 0.29) is 11.9 Å². The molecule has 1 atom stereocenters. The van der Waals surface area contributed by atoms with Crippen molar-refractivity contribution >= 4 is 11.6 Å². The largest absolute Gasteiger partial charge is 0.349 e. The summed E-state index contributed by atoms with van der Waals surface area (Å²) in [5.41, 5.74) is 5.30. The van der Waals surface area contributed by atoms with Crippen molar-refractivity contribution in [1.29, 1.82) is 0 Å². The second kappa shape index (κ2) is 7.25. The molecule has 0 saturated heterocycles. The van der Waals surface area contributed by atoms with E-state index in [2.05, 4.69) is 39.4 Å². The summed E-state index contributed by atoms with van der Waals surface area (Å²) in [6.07, 6.45) is 0. The Morgan fingerprint density at radius 3 is 2.62 bits per heavy atom. The van der Waals surface area contributed by atoms with Gasteiger partial charge in [0, 0.05) is 18.3 Å². The average molecular weight is 351 g/mol. The normalized spacial score (nSPS) is 12.5. The number of aromatic nitrogens is 3. The Bertz CT molecular complexity index is 945. The number of hydrogen-bond acceptors (Lipinski definition) is 4. The predicted molar refractivity (Wildman–Crippen MR) is 102 cm³/mol. The summed E-state index contributed by atoms with van der Waals surface area (Å²) in [5, 5.41) is 7.41. The van der Waals surface area contributed by atoms with Crippen LogP contribution in [0.5, 0.6) is 0 Å². The first kappa shape index (κ1) is 18.1. The van der Waals surface area contributed by atoms with Gasteiger partial charge in [0.2, 0.25) is 0 Å². The van der Waals surface area contributed by atoms with Crippen LogP contribution in [0.15, 0.2) is 36.4 Å². The molecule has 0 fully saturated rings. The fourth-order valence-electron chi connectivity index (χ4n) is 3.17. The number of benzene rings is 1. The summed E-state index contributed by atoms with van der Waals surface area (Å²) in [5.74, 6) is -0.171.